The van der Waals surface area contributed by atoms with Crippen molar-refractivity contribution in [1.29, 1.82) is 0 Å². The third-order valence-corrected chi connectivity index (χ3v) is 4.55. The van der Waals surface area contributed by atoms with Crippen LogP contribution in [0.1, 0.15) is 54.4 Å². The third-order valence-electron chi connectivity index (χ3n) is 4.55. The molecule has 28 heavy (non-hydrogen) atoms. The van der Waals surface area contributed by atoms with E-state index >= 15 is 0 Å². The van der Waals surface area contributed by atoms with Crippen LogP contribution in [0.5, 0.6) is 0 Å². The van der Waals surface area contributed by atoms with E-state index in [0.717, 1.165) is 0 Å². The quantitative estimate of drug-likeness (QED) is 0.381. The summed E-state index contributed by atoms with van der Waals surface area (Å²) in [5, 5.41) is 14.3. The summed E-state index contributed by atoms with van der Waals surface area (Å²) in [6.45, 7) is 10.8. The molecule has 0 spiro atoms. The second-order valence-electron chi connectivity index (χ2n) is 7.66. The van der Waals surface area contributed by atoms with Gasteiger partial charge < -0.3 is 15.4 Å². The summed E-state index contributed by atoms with van der Waals surface area (Å²) in [4.78, 5) is 44.1. The fourth-order valence-electron chi connectivity index (χ4n) is 2.62. The van der Waals surface area contributed by atoms with Crippen molar-refractivity contribution in [3.8, 4) is 0 Å². The number of hydrogen-bond donors (Lipinski definition) is 2. The van der Waals surface area contributed by atoms with Gasteiger partial charge >= 0.3 is 5.95 Å². The number of rotatable bonds is 13. The van der Waals surface area contributed by atoms with Crippen LogP contribution in [0.4, 0.5) is 5.95 Å². The second kappa shape index (κ2) is 9.85. The van der Waals surface area contributed by atoms with Crippen molar-refractivity contribution < 1.29 is 19.3 Å². The van der Waals surface area contributed by atoms with E-state index < -0.39 is 22.1 Å². The zero-order chi connectivity index (χ0) is 21.5. The molecule has 158 valence electrons. The SMILES string of the molecule is CCC(=O)C(C)(C)NCC(Cn1ccnc1[N+](=O)[O-])ONC(C)(C)C(=O)CC. The van der Waals surface area contributed by atoms with Gasteiger partial charge in [-0.2, -0.15) is 5.48 Å². The molecule has 1 rings (SSSR count). The minimum Gasteiger partial charge on any atom is -0.390 e. The van der Waals surface area contributed by atoms with E-state index in [1.165, 1.54) is 17.0 Å². The van der Waals surface area contributed by atoms with Crippen molar-refractivity contribution in [2.24, 2.45) is 0 Å². The van der Waals surface area contributed by atoms with E-state index in [1.54, 1.807) is 41.5 Å². The van der Waals surface area contributed by atoms with Crippen LogP contribution < -0.4 is 10.8 Å². The zero-order valence-electron chi connectivity index (χ0n) is 17.4. The molecule has 1 atom stereocenters. The lowest BCUT2D eigenvalue weighted by molar-refractivity contribution is -0.397. The van der Waals surface area contributed by atoms with Gasteiger partial charge in [0.1, 0.15) is 25.0 Å². The van der Waals surface area contributed by atoms with E-state index in [0.29, 0.717) is 12.8 Å². The summed E-state index contributed by atoms with van der Waals surface area (Å²) < 4.78 is 1.36. The van der Waals surface area contributed by atoms with Gasteiger partial charge in [-0.25, -0.2) is 4.57 Å². The Morgan fingerprint density at radius 3 is 2.32 bits per heavy atom. The first-order chi connectivity index (χ1) is 12.9. The van der Waals surface area contributed by atoms with Crippen LogP contribution in [-0.2, 0) is 21.0 Å². The molecule has 0 saturated carbocycles. The average Bonchev–Trinajstić information content (AvgIpc) is 3.10. The highest BCUT2D eigenvalue weighted by Gasteiger charge is 2.31. The largest absolute Gasteiger partial charge is 0.434 e. The summed E-state index contributed by atoms with van der Waals surface area (Å²) in [7, 11) is 0. The first-order valence-electron chi connectivity index (χ1n) is 9.34. The van der Waals surface area contributed by atoms with Gasteiger partial charge in [0.25, 0.3) is 0 Å². The molecule has 0 saturated heterocycles. The molecule has 1 heterocycles. The number of hydroxylamine groups is 1. The number of carbonyl (C=O) groups excluding carboxylic acids is 2. The van der Waals surface area contributed by atoms with E-state index in [9.17, 15) is 19.7 Å². The predicted molar refractivity (Wildman–Crippen MR) is 104 cm³/mol. The molecular formula is C18H31N5O5. The minimum absolute atomic E-state index is 0.0330. The van der Waals surface area contributed by atoms with Crippen LogP contribution in [0.25, 0.3) is 0 Å². The number of Topliss-reactive ketones (excluding diaryl/α,β-unsaturated/α-hetero) is 2. The van der Waals surface area contributed by atoms with E-state index in [2.05, 4.69) is 15.8 Å². The fourth-order valence-corrected chi connectivity index (χ4v) is 2.62. The Balaban J connectivity index is 2.93. The van der Waals surface area contributed by atoms with Gasteiger partial charge in [0.2, 0.25) is 0 Å². The maximum Gasteiger partial charge on any atom is 0.434 e. The number of aromatic nitrogens is 2. The molecule has 1 aromatic rings. The summed E-state index contributed by atoms with van der Waals surface area (Å²) in [5.41, 5.74) is 1.09. The Morgan fingerprint density at radius 2 is 1.79 bits per heavy atom. The normalized spacial score (nSPS) is 13.4. The summed E-state index contributed by atoms with van der Waals surface area (Å²) >= 11 is 0. The molecule has 10 heteroatoms. The molecule has 0 bridgehead atoms. The number of nitro groups is 1. The van der Waals surface area contributed by atoms with Crippen LogP contribution in [0.3, 0.4) is 0 Å². The van der Waals surface area contributed by atoms with E-state index in [4.69, 9.17) is 4.84 Å². The first-order valence-corrected chi connectivity index (χ1v) is 9.34. The van der Waals surface area contributed by atoms with Crippen molar-refractivity contribution in [1.82, 2.24) is 20.3 Å². The smallest absolute Gasteiger partial charge is 0.390 e. The molecular weight excluding hydrogens is 366 g/mol. The Labute approximate surface area is 165 Å². The van der Waals surface area contributed by atoms with Gasteiger partial charge in [-0.15, -0.1) is 0 Å². The topological polar surface area (TPSA) is 128 Å². The molecule has 1 aromatic heterocycles. The molecule has 0 radical (unpaired) electrons. The highest BCUT2D eigenvalue weighted by molar-refractivity contribution is 5.87. The highest BCUT2D eigenvalue weighted by atomic mass is 16.7. The second-order valence-corrected chi connectivity index (χ2v) is 7.66. The monoisotopic (exact) mass is 397 g/mol. The van der Waals surface area contributed by atoms with E-state index in [1.807, 2.05) is 0 Å². The van der Waals surface area contributed by atoms with Crippen molar-refractivity contribution in [3.63, 3.8) is 0 Å². The Morgan fingerprint density at radius 1 is 1.21 bits per heavy atom. The van der Waals surface area contributed by atoms with Crippen molar-refractivity contribution in [2.75, 3.05) is 6.54 Å². The maximum absolute atomic E-state index is 12.1. The van der Waals surface area contributed by atoms with Crippen LogP contribution in [0, 0.1) is 10.1 Å². The minimum atomic E-state index is -0.914. The number of hydrogen-bond acceptors (Lipinski definition) is 8. The molecule has 0 aliphatic rings. The predicted octanol–water partition coefficient (Wildman–Crippen LogP) is 1.79. The average molecular weight is 397 g/mol. The number of imidazole rings is 1. The number of ketones is 2. The highest BCUT2D eigenvalue weighted by Crippen LogP contribution is 2.13. The lowest BCUT2D eigenvalue weighted by Crippen LogP contribution is -2.53. The molecule has 2 N–H and O–H groups in total. The van der Waals surface area contributed by atoms with Crippen LogP contribution in [0.15, 0.2) is 12.4 Å². The van der Waals surface area contributed by atoms with E-state index in [-0.39, 0.29) is 30.6 Å². The number of nitrogens with one attached hydrogen (secondary N) is 2. The van der Waals surface area contributed by atoms with Crippen LogP contribution >= 0.6 is 0 Å². The summed E-state index contributed by atoms with van der Waals surface area (Å²) in [6.07, 6.45) is 2.96. The van der Waals surface area contributed by atoms with Gasteiger partial charge in [0, 0.05) is 19.4 Å². The molecule has 0 aliphatic heterocycles. The van der Waals surface area contributed by atoms with Crippen LogP contribution in [0.2, 0.25) is 0 Å². The Bertz CT molecular complexity index is 666. The summed E-state index contributed by atoms with van der Waals surface area (Å²) in [5.74, 6) is -0.301. The van der Waals surface area contributed by atoms with Gasteiger partial charge in [-0.3, -0.25) is 14.4 Å². The van der Waals surface area contributed by atoms with Crippen molar-refractivity contribution in [2.45, 2.75) is 78.1 Å². The molecule has 0 fully saturated rings. The third kappa shape index (κ3) is 6.47. The Kier molecular flexibility index (Phi) is 8.40. The zero-order valence-corrected chi connectivity index (χ0v) is 17.4. The van der Waals surface area contributed by atoms with Crippen LogP contribution in [-0.4, -0.2) is 49.8 Å². The van der Waals surface area contributed by atoms with Gasteiger partial charge in [0.05, 0.1) is 11.1 Å². The standard InChI is InChI=1S/C18H31N5O5/c1-7-14(24)17(3,4)20-11-13(28-21-18(5,6)15(25)8-2)12-22-10-9-19-16(22)23(26)27/h9-10,13,20-21H,7-8,11-12H2,1-6H3. The molecule has 1 unspecified atom stereocenters. The van der Waals surface area contributed by atoms with Crippen molar-refractivity contribution >= 4 is 17.5 Å². The fraction of sp³-hybridized carbons (Fsp3) is 0.722. The van der Waals surface area contributed by atoms with Gasteiger partial charge in [-0.1, -0.05) is 18.8 Å². The Hall–Kier alpha value is -2.17. The molecule has 0 aromatic carbocycles. The lowest BCUT2D eigenvalue weighted by Gasteiger charge is -2.30. The number of nitrogens with zero attached hydrogens (tertiary/aromatic N) is 3. The van der Waals surface area contributed by atoms with Crippen molar-refractivity contribution in [3.05, 3.63) is 22.5 Å². The lowest BCUT2D eigenvalue weighted by atomic mass is 9.97. The first kappa shape index (κ1) is 23.9. The van der Waals surface area contributed by atoms with Gasteiger partial charge in [-0.05, 0) is 32.6 Å². The molecule has 0 aliphatic carbocycles. The summed E-state index contributed by atoms with van der Waals surface area (Å²) in [6, 6.07) is 0. The maximum atomic E-state index is 12.1. The number of carbonyl (C=O) groups is 2. The molecule has 0 amide bonds. The molecule has 10 nitrogen and oxygen atoms in total. The van der Waals surface area contributed by atoms with Gasteiger partial charge in [0.15, 0.2) is 11.6 Å².